The summed E-state index contributed by atoms with van der Waals surface area (Å²) in [4.78, 5) is 0. The number of aliphatic hydroxyl groups excluding tert-OH is 1. The van der Waals surface area contributed by atoms with Crippen LogP contribution in [0.3, 0.4) is 0 Å². The Balaban J connectivity index is 1.67. The molecule has 2 aromatic carbocycles. The second-order valence-electron chi connectivity index (χ2n) is 5.54. The minimum Gasteiger partial charge on any atom is -0.388 e. The molecular weight excluding hydrogens is 278 g/mol. The van der Waals surface area contributed by atoms with Crippen molar-refractivity contribution < 1.29 is 5.11 Å². The highest BCUT2D eigenvalue weighted by atomic mass is 32.1. The summed E-state index contributed by atoms with van der Waals surface area (Å²) in [5, 5.41) is 17.5. The van der Waals surface area contributed by atoms with E-state index in [1.54, 1.807) is 11.3 Å². The number of aliphatic hydroxyl groups is 1. The molecule has 4 rings (SSSR count). The van der Waals surface area contributed by atoms with Gasteiger partial charge in [-0.1, -0.05) is 36.4 Å². The quantitative estimate of drug-likeness (QED) is 0.761. The van der Waals surface area contributed by atoms with E-state index < -0.39 is 6.10 Å². The van der Waals surface area contributed by atoms with Crippen LogP contribution in [0.15, 0.2) is 47.8 Å². The molecule has 0 amide bonds. The van der Waals surface area contributed by atoms with E-state index in [1.807, 2.05) is 6.07 Å². The first-order valence-corrected chi connectivity index (χ1v) is 8.20. The highest BCUT2D eigenvalue weighted by Gasteiger charge is 2.20. The number of anilines is 1. The Bertz CT molecular complexity index is 793. The minimum absolute atomic E-state index is 0.455. The SMILES string of the molecule is OC(Cc1csc2ccccc12)c1cccc2c1NCC2. The number of benzene rings is 2. The number of thiophene rings is 1. The lowest BCUT2D eigenvalue weighted by Gasteiger charge is -2.15. The number of hydrogen-bond donors (Lipinski definition) is 2. The third kappa shape index (κ3) is 2.23. The lowest BCUT2D eigenvalue weighted by atomic mass is 9.97. The van der Waals surface area contributed by atoms with Gasteiger partial charge in [-0.05, 0) is 34.4 Å². The van der Waals surface area contributed by atoms with Gasteiger partial charge in [0.1, 0.15) is 0 Å². The van der Waals surface area contributed by atoms with Crippen molar-refractivity contribution in [3.63, 3.8) is 0 Å². The third-order valence-electron chi connectivity index (χ3n) is 4.21. The van der Waals surface area contributed by atoms with Crippen LogP contribution in [0.1, 0.15) is 22.8 Å². The fourth-order valence-electron chi connectivity index (χ4n) is 3.15. The van der Waals surface area contributed by atoms with E-state index in [1.165, 1.54) is 21.2 Å². The molecular formula is C18H17NOS. The predicted molar refractivity (Wildman–Crippen MR) is 89.1 cm³/mol. The van der Waals surface area contributed by atoms with Crippen LogP contribution in [0.2, 0.25) is 0 Å². The van der Waals surface area contributed by atoms with Crippen LogP contribution >= 0.6 is 11.3 Å². The summed E-state index contributed by atoms with van der Waals surface area (Å²) >= 11 is 1.75. The van der Waals surface area contributed by atoms with Crippen molar-refractivity contribution in [1.82, 2.24) is 0 Å². The van der Waals surface area contributed by atoms with Gasteiger partial charge in [0.05, 0.1) is 6.10 Å². The second kappa shape index (κ2) is 5.17. The average molecular weight is 295 g/mol. The molecule has 1 aliphatic heterocycles. The largest absolute Gasteiger partial charge is 0.388 e. The third-order valence-corrected chi connectivity index (χ3v) is 5.22. The maximum atomic E-state index is 10.7. The number of para-hydroxylation sites is 1. The van der Waals surface area contributed by atoms with E-state index in [0.29, 0.717) is 6.42 Å². The van der Waals surface area contributed by atoms with Crippen LogP contribution in [0, 0.1) is 0 Å². The molecule has 106 valence electrons. The summed E-state index contributed by atoms with van der Waals surface area (Å²) in [6, 6.07) is 14.6. The maximum absolute atomic E-state index is 10.7. The van der Waals surface area contributed by atoms with Gasteiger partial charge in [-0.15, -0.1) is 11.3 Å². The summed E-state index contributed by atoms with van der Waals surface area (Å²) in [5.74, 6) is 0. The molecule has 2 nitrogen and oxygen atoms in total. The van der Waals surface area contributed by atoms with Crippen molar-refractivity contribution in [2.24, 2.45) is 0 Å². The summed E-state index contributed by atoms with van der Waals surface area (Å²) in [6.07, 6.45) is 1.27. The lowest BCUT2D eigenvalue weighted by molar-refractivity contribution is 0.179. The second-order valence-corrected chi connectivity index (χ2v) is 6.45. The molecule has 3 aromatic rings. The van der Waals surface area contributed by atoms with Gasteiger partial charge in [0, 0.05) is 28.9 Å². The Hall–Kier alpha value is -1.84. The Morgan fingerprint density at radius 1 is 1.14 bits per heavy atom. The highest BCUT2D eigenvalue weighted by Crippen LogP contribution is 2.34. The molecule has 2 N–H and O–H groups in total. The molecule has 2 heterocycles. The first-order valence-electron chi connectivity index (χ1n) is 7.32. The molecule has 0 saturated carbocycles. The number of rotatable bonds is 3. The maximum Gasteiger partial charge on any atom is 0.0850 e. The summed E-state index contributed by atoms with van der Waals surface area (Å²) in [6.45, 7) is 0.973. The van der Waals surface area contributed by atoms with Crippen molar-refractivity contribution in [2.75, 3.05) is 11.9 Å². The standard InChI is InChI=1S/C18H17NOS/c20-16(15-6-3-4-12-8-9-19-18(12)15)10-13-11-21-17-7-2-1-5-14(13)17/h1-7,11,16,19-20H,8-10H2. The van der Waals surface area contributed by atoms with E-state index in [4.69, 9.17) is 0 Å². The number of nitrogens with one attached hydrogen (secondary N) is 1. The van der Waals surface area contributed by atoms with Crippen molar-refractivity contribution in [1.29, 1.82) is 0 Å². The highest BCUT2D eigenvalue weighted by molar-refractivity contribution is 7.17. The van der Waals surface area contributed by atoms with E-state index in [-0.39, 0.29) is 0 Å². The molecule has 0 aliphatic carbocycles. The van der Waals surface area contributed by atoms with E-state index in [9.17, 15) is 5.11 Å². The fraction of sp³-hybridized carbons (Fsp3) is 0.222. The van der Waals surface area contributed by atoms with Crippen LogP contribution in [-0.4, -0.2) is 11.7 Å². The first kappa shape index (κ1) is 12.9. The first-order chi connectivity index (χ1) is 10.3. The number of fused-ring (bicyclic) bond motifs is 2. The zero-order chi connectivity index (χ0) is 14.2. The molecule has 1 aromatic heterocycles. The van der Waals surface area contributed by atoms with Crippen LogP contribution in [0.4, 0.5) is 5.69 Å². The summed E-state index contributed by atoms with van der Waals surface area (Å²) in [7, 11) is 0. The molecule has 0 spiro atoms. The molecule has 0 saturated heterocycles. The molecule has 0 radical (unpaired) electrons. The molecule has 1 aliphatic rings. The van der Waals surface area contributed by atoms with Crippen molar-refractivity contribution >= 4 is 27.1 Å². The van der Waals surface area contributed by atoms with Gasteiger partial charge < -0.3 is 10.4 Å². The molecule has 1 unspecified atom stereocenters. The van der Waals surface area contributed by atoms with Crippen LogP contribution in [-0.2, 0) is 12.8 Å². The smallest absolute Gasteiger partial charge is 0.0850 e. The Labute approximate surface area is 128 Å². The van der Waals surface area contributed by atoms with Gasteiger partial charge >= 0.3 is 0 Å². The number of hydrogen-bond acceptors (Lipinski definition) is 3. The van der Waals surface area contributed by atoms with Crippen molar-refractivity contribution in [2.45, 2.75) is 18.9 Å². The molecule has 0 bridgehead atoms. The fourth-order valence-corrected chi connectivity index (χ4v) is 4.13. The van der Waals surface area contributed by atoms with Crippen LogP contribution in [0.25, 0.3) is 10.1 Å². The van der Waals surface area contributed by atoms with Gasteiger partial charge in [-0.2, -0.15) is 0 Å². The Kier molecular flexibility index (Phi) is 3.17. The normalized spacial score (nSPS) is 14.9. The van der Waals surface area contributed by atoms with Crippen LogP contribution < -0.4 is 5.32 Å². The van der Waals surface area contributed by atoms with Crippen LogP contribution in [0.5, 0.6) is 0 Å². The minimum atomic E-state index is -0.455. The molecule has 21 heavy (non-hydrogen) atoms. The van der Waals surface area contributed by atoms with E-state index >= 15 is 0 Å². The molecule has 0 fully saturated rings. The summed E-state index contributed by atoms with van der Waals surface area (Å²) in [5.41, 5.74) is 4.73. The van der Waals surface area contributed by atoms with Crippen molar-refractivity contribution in [3.05, 3.63) is 64.5 Å². The van der Waals surface area contributed by atoms with Gasteiger partial charge in [0.15, 0.2) is 0 Å². The van der Waals surface area contributed by atoms with Gasteiger partial charge in [0.25, 0.3) is 0 Å². The Morgan fingerprint density at radius 3 is 3.00 bits per heavy atom. The monoisotopic (exact) mass is 295 g/mol. The average Bonchev–Trinajstić information content (AvgIpc) is 3.14. The summed E-state index contributed by atoms with van der Waals surface area (Å²) < 4.78 is 1.29. The Morgan fingerprint density at radius 2 is 2.05 bits per heavy atom. The van der Waals surface area contributed by atoms with E-state index in [0.717, 1.165) is 24.2 Å². The van der Waals surface area contributed by atoms with Gasteiger partial charge in [-0.3, -0.25) is 0 Å². The topological polar surface area (TPSA) is 32.3 Å². The lowest BCUT2D eigenvalue weighted by Crippen LogP contribution is -2.05. The van der Waals surface area contributed by atoms with E-state index in [2.05, 4.69) is 47.1 Å². The molecule has 3 heteroatoms. The van der Waals surface area contributed by atoms with Crippen molar-refractivity contribution in [3.8, 4) is 0 Å². The predicted octanol–water partition coefficient (Wildman–Crippen LogP) is 4.15. The zero-order valence-corrected chi connectivity index (χ0v) is 12.5. The zero-order valence-electron chi connectivity index (χ0n) is 11.7. The molecule has 1 atom stereocenters. The van der Waals surface area contributed by atoms with Gasteiger partial charge in [-0.25, -0.2) is 0 Å². The van der Waals surface area contributed by atoms with Gasteiger partial charge in [0.2, 0.25) is 0 Å².